The molecule has 3 heterocycles. The molecule has 0 spiro atoms. The number of likely N-dealkylation sites (tertiary alicyclic amines) is 1. The number of H-pyrrole nitrogens is 1. The third kappa shape index (κ3) is 4.81. The fourth-order valence-electron chi connectivity index (χ4n) is 5.29. The first-order valence-corrected chi connectivity index (χ1v) is 12.0. The molecule has 0 aliphatic carbocycles. The van der Waals surface area contributed by atoms with E-state index in [1.807, 2.05) is 25.3 Å². The van der Waals surface area contributed by atoms with Crippen molar-refractivity contribution in [2.24, 2.45) is 0 Å². The number of fused-ring (bicyclic) bond motifs is 1. The van der Waals surface area contributed by atoms with Crippen LogP contribution in [0.25, 0.3) is 10.9 Å². The van der Waals surface area contributed by atoms with Crippen molar-refractivity contribution in [2.45, 2.75) is 44.6 Å². The molecule has 0 bridgehead atoms. The first kappa shape index (κ1) is 24.9. The van der Waals surface area contributed by atoms with Gasteiger partial charge >= 0.3 is 12.1 Å². The van der Waals surface area contributed by atoms with Gasteiger partial charge in [0.05, 0.1) is 30.5 Å². The summed E-state index contributed by atoms with van der Waals surface area (Å²) in [6.07, 6.45) is 0.517. The maximum Gasteiger partial charge on any atom is 0.419 e. The normalized spacial score (nSPS) is 18.8. The van der Waals surface area contributed by atoms with Crippen molar-refractivity contribution in [3.05, 3.63) is 82.8 Å². The molecule has 2 atom stereocenters. The monoisotopic (exact) mass is 512 g/mol. The van der Waals surface area contributed by atoms with E-state index in [1.165, 1.54) is 4.68 Å². The van der Waals surface area contributed by atoms with E-state index < -0.39 is 17.7 Å². The van der Waals surface area contributed by atoms with Gasteiger partial charge in [-0.05, 0) is 55.2 Å². The largest absolute Gasteiger partial charge is 0.496 e. The Balaban J connectivity index is 1.50. The minimum absolute atomic E-state index is 0.167. The maximum atomic E-state index is 13.2. The number of nitrogens with one attached hydrogen (secondary N) is 1. The van der Waals surface area contributed by atoms with Crippen LogP contribution in [0.2, 0.25) is 0 Å². The van der Waals surface area contributed by atoms with Crippen molar-refractivity contribution in [1.29, 1.82) is 0 Å². The van der Waals surface area contributed by atoms with E-state index in [1.54, 1.807) is 31.4 Å². The number of alkyl halides is 3. The van der Waals surface area contributed by atoms with Crippen molar-refractivity contribution in [1.82, 2.24) is 19.7 Å². The Morgan fingerprint density at radius 1 is 1.24 bits per heavy atom. The van der Waals surface area contributed by atoms with E-state index in [4.69, 9.17) is 4.74 Å². The molecule has 1 fully saturated rings. The lowest BCUT2D eigenvalue weighted by Crippen LogP contribution is -2.37. The fraction of sp³-hybridized carbons (Fsp3) is 0.333. The van der Waals surface area contributed by atoms with Gasteiger partial charge in [-0.25, -0.2) is 4.79 Å². The van der Waals surface area contributed by atoms with Crippen molar-refractivity contribution in [3.8, 4) is 5.75 Å². The smallest absolute Gasteiger partial charge is 0.419 e. The summed E-state index contributed by atoms with van der Waals surface area (Å²) < 4.78 is 46.7. The van der Waals surface area contributed by atoms with Gasteiger partial charge in [0, 0.05) is 48.0 Å². The number of aryl methyl sites for hydroxylation is 1. The molecule has 1 aliphatic rings. The number of nitrogens with zero attached hydrogens (tertiary/aromatic N) is 3. The minimum Gasteiger partial charge on any atom is -0.496 e. The minimum atomic E-state index is -4.45. The van der Waals surface area contributed by atoms with Crippen LogP contribution in [0.4, 0.5) is 13.2 Å². The van der Waals surface area contributed by atoms with Crippen molar-refractivity contribution in [3.63, 3.8) is 0 Å². The summed E-state index contributed by atoms with van der Waals surface area (Å²) in [7, 11) is 1.64. The molecule has 0 radical (unpaired) electrons. The molecule has 5 rings (SSSR count). The van der Waals surface area contributed by atoms with Gasteiger partial charge in [-0.15, -0.1) is 0 Å². The number of hydrogen-bond donors (Lipinski definition) is 2. The predicted molar refractivity (Wildman–Crippen MR) is 132 cm³/mol. The van der Waals surface area contributed by atoms with Gasteiger partial charge in [-0.2, -0.15) is 18.3 Å². The number of carbonyl (C=O) groups is 1. The molecule has 0 unspecified atom stereocenters. The second-order valence-electron chi connectivity index (χ2n) is 9.44. The molecule has 7 nitrogen and oxygen atoms in total. The number of methoxy groups -OCH3 is 1. The molecular weight excluding hydrogens is 485 g/mol. The summed E-state index contributed by atoms with van der Waals surface area (Å²) in [5, 5.41) is 14.4. The van der Waals surface area contributed by atoms with Gasteiger partial charge in [0.15, 0.2) is 0 Å². The molecule has 0 saturated carbocycles. The second-order valence-corrected chi connectivity index (χ2v) is 9.44. The Bertz CT molecular complexity index is 1430. The van der Waals surface area contributed by atoms with E-state index in [2.05, 4.69) is 15.0 Å². The summed E-state index contributed by atoms with van der Waals surface area (Å²) in [5.74, 6) is -0.242. The van der Waals surface area contributed by atoms with Crippen LogP contribution in [0.5, 0.6) is 5.75 Å². The Morgan fingerprint density at radius 2 is 2.00 bits per heavy atom. The highest BCUT2D eigenvalue weighted by molar-refractivity contribution is 5.88. The summed E-state index contributed by atoms with van der Waals surface area (Å²) in [4.78, 5) is 16.9. The molecule has 4 aromatic rings. The average molecular weight is 513 g/mol. The van der Waals surface area contributed by atoms with Crippen LogP contribution < -0.4 is 4.74 Å². The van der Waals surface area contributed by atoms with Gasteiger partial charge in [0.2, 0.25) is 0 Å². The number of carboxylic acids is 1. The molecule has 2 aromatic carbocycles. The molecule has 2 aromatic heterocycles. The Hall–Kier alpha value is -3.79. The molecule has 0 amide bonds. The number of piperidine rings is 1. The fourth-order valence-corrected chi connectivity index (χ4v) is 5.29. The molecular formula is C27H27F3N4O3. The predicted octanol–water partition coefficient (Wildman–Crippen LogP) is 5.98. The number of benzene rings is 2. The molecule has 2 N–H and O–H groups in total. The summed E-state index contributed by atoms with van der Waals surface area (Å²) in [6.45, 7) is 3.19. The van der Waals surface area contributed by atoms with Crippen LogP contribution in [0, 0.1) is 6.92 Å². The number of aromatic carboxylic acids is 1. The second kappa shape index (κ2) is 9.59. The first-order valence-electron chi connectivity index (χ1n) is 12.0. The van der Waals surface area contributed by atoms with Gasteiger partial charge < -0.3 is 14.8 Å². The molecule has 37 heavy (non-hydrogen) atoms. The lowest BCUT2D eigenvalue weighted by atomic mass is 9.90. The highest BCUT2D eigenvalue weighted by atomic mass is 19.4. The third-order valence-corrected chi connectivity index (χ3v) is 7.22. The van der Waals surface area contributed by atoms with Crippen LogP contribution >= 0.6 is 0 Å². The maximum absolute atomic E-state index is 13.2. The van der Waals surface area contributed by atoms with Gasteiger partial charge in [0.25, 0.3) is 0 Å². The Morgan fingerprint density at radius 3 is 2.65 bits per heavy atom. The van der Waals surface area contributed by atoms with E-state index in [0.717, 1.165) is 45.7 Å². The first-order chi connectivity index (χ1) is 17.7. The lowest BCUT2D eigenvalue weighted by molar-refractivity contribution is -0.137. The van der Waals surface area contributed by atoms with Crippen LogP contribution in [0.1, 0.15) is 57.5 Å². The van der Waals surface area contributed by atoms with Crippen LogP contribution in [0.15, 0.2) is 55.0 Å². The lowest BCUT2D eigenvalue weighted by Gasteiger charge is -2.40. The number of carboxylic acid groups (broad SMARTS) is 1. The number of ether oxygens (including phenoxy) is 1. The summed E-state index contributed by atoms with van der Waals surface area (Å²) in [5.41, 5.74) is 3.43. The number of rotatable bonds is 6. The highest BCUT2D eigenvalue weighted by Crippen LogP contribution is 2.41. The number of aromatic nitrogens is 3. The molecule has 1 saturated heterocycles. The average Bonchev–Trinajstić information content (AvgIpc) is 3.56. The quantitative estimate of drug-likeness (QED) is 0.332. The van der Waals surface area contributed by atoms with Crippen molar-refractivity contribution < 1.29 is 27.8 Å². The summed E-state index contributed by atoms with van der Waals surface area (Å²) in [6, 6.07) is 10.3. The molecule has 194 valence electrons. The third-order valence-electron chi connectivity index (χ3n) is 7.22. The van der Waals surface area contributed by atoms with Gasteiger partial charge in [-0.1, -0.05) is 12.1 Å². The van der Waals surface area contributed by atoms with Crippen LogP contribution in [-0.2, 0) is 12.7 Å². The molecule has 1 aliphatic heterocycles. The Kier molecular flexibility index (Phi) is 6.45. The highest BCUT2D eigenvalue weighted by Gasteiger charge is 2.35. The topological polar surface area (TPSA) is 83.4 Å². The van der Waals surface area contributed by atoms with Gasteiger partial charge in [-0.3, -0.25) is 9.58 Å². The van der Waals surface area contributed by atoms with Crippen LogP contribution in [0.3, 0.4) is 0 Å². The van der Waals surface area contributed by atoms with E-state index in [9.17, 15) is 23.1 Å². The Labute approximate surface area is 211 Å². The van der Waals surface area contributed by atoms with Gasteiger partial charge in [0.1, 0.15) is 5.75 Å². The summed E-state index contributed by atoms with van der Waals surface area (Å²) >= 11 is 0. The van der Waals surface area contributed by atoms with E-state index in [-0.39, 0.29) is 17.6 Å². The van der Waals surface area contributed by atoms with Crippen LogP contribution in [-0.4, -0.2) is 44.4 Å². The number of hydrogen-bond acceptors (Lipinski definition) is 4. The number of halogens is 3. The molecule has 10 heteroatoms. The van der Waals surface area contributed by atoms with E-state index >= 15 is 0 Å². The zero-order valence-corrected chi connectivity index (χ0v) is 20.4. The van der Waals surface area contributed by atoms with Crippen molar-refractivity contribution in [2.75, 3.05) is 13.7 Å². The zero-order chi connectivity index (χ0) is 26.3. The standard InChI is InChI=1S/C27H27F3N4O3/c1-16-11-24(37-2)22(21-7-9-31-25(16)21)15-33-10-8-20(34-14-19(13-32-34)27(28,29)30)12-23(33)17-3-5-18(6-4-17)26(35)36/h3-7,9,11,13-14,20,23,31H,8,10,12,15H2,1-2H3,(H,35,36)/t20-,23+/m0/s1. The van der Waals surface area contributed by atoms with E-state index in [0.29, 0.717) is 25.9 Å². The number of aromatic amines is 1. The van der Waals surface area contributed by atoms with Crippen molar-refractivity contribution >= 4 is 16.9 Å². The zero-order valence-electron chi connectivity index (χ0n) is 20.4. The SMILES string of the molecule is COc1cc(C)c2[nH]ccc2c1CN1CC[C@H](n2cc(C(F)(F)F)cn2)C[C@@H]1c1ccc(C(=O)O)cc1.